The maximum Gasteiger partial charge on any atom is 0.269 e. The third kappa shape index (κ3) is 6.29. The van der Waals surface area contributed by atoms with E-state index >= 15 is 0 Å². The molecule has 10 nitrogen and oxygen atoms in total. The molecule has 3 N–H and O–H groups in total. The minimum absolute atomic E-state index is 0.0349. The summed E-state index contributed by atoms with van der Waals surface area (Å²) in [6.45, 7) is -0.389. The largest absolute Gasteiger partial charge is 0.273 e. The van der Waals surface area contributed by atoms with Gasteiger partial charge in [-0.05, 0) is 36.4 Å². The topological polar surface area (TPSA) is 142 Å². The van der Waals surface area contributed by atoms with Crippen molar-refractivity contribution in [2.24, 2.45) is 0 Å². The van der Waals surface area contributed by atoms with Gasteiger partial charge in [-0.1, -0.05) is 6.07 Å². The second-order valence-electron chi connectivity index (χ2n) is 6.54. The Labute approximate surface area is 183 Å². The normalized spacial score (nSPS) is 11.9. The summed E-state index contributed by atoms with van der Waals surface area (Å²) in [5.74, 6) is -4.10. The first-order valence-corrected chi connectivity index (χ1v) is 11.8. The third-order valence-electron chi connectivity index (χ3n) is 4.04. The van der Waals surface area contributed by atoms with Crippen molar-refractivity contribution >= 4 is 31.9 Å². The summed E-state index contributed by atoms with van der Waals surface area (Å²) in [6, 6.07) is 7.17. The fraction of sp³-hybridized carbons (Fsp3) is 0.222. The molecule has 0 radical (unpaired) electrons. The van der Waals surface area contributed by atoms with Gasteiger partial charge < -0.3 is 0 Å². The van der Waals surface area contributed by atoms with Crippen LogP contribution in [0.2, 0.25) is 0 Å². The predicted octanol–water partition coefficient (Wildman–Crippen LogP) is 0.345. The number of sulfonamides is 2. The number of nitrogens with one attached hydrogen (secondary N) is 3. The number of hydrogen-bond donors (Lipinski definition) is 3. The van der Waals surface area contributed by atoms with Crippen LogP contribution in [-0.4, -0.2) is 53.6 Å². The van der Waals surface area contributed by atoms with E-state index in [-0.39, 0.29) is 17.0 Å². The summed E-state index contributed by atoms with van der Waals surface area (Å²) in [5, 5.41) is 0. The Morgan fingerprint density at radius 3 is 2.22 bits per heavy atom. The van der Waals surface area contributed by atoms with Crippen LogP contribution in [0.25, 0.3) is 0 Å². The number of carbonyl (C=O) groups excluding carboxylic acids is 2. The molecule has 2 rings (SSSR count). The van der Waals surface area contributed by atoms with Gasteiger partial charge in [-0.25, -0.2) is 34.6 Å². The lowest BCUT2D eigenvalue weighted by Crippen LogP contribution is -2.42. The molecule has 0 saturated carbocycles. The van der Waals surface area contributed by atoms with E-state index in [0.29, 0.717) is 12.1 Å². The van der Waals surface area contributed by atoms with Gasteiger partial charge in [0.1, 0.15) is 0 Å². The lowest BCUT2D eigenvalue weighted by Gasteiger charge is -2.12. The van der Waals surface area contributed by atoms with Gasteiger partial charge in [0.15, 0.2) is 11.6 Å². The van der Waals surface area contributed by atoms with Crippen molar-refractivity contribution < 1.29 is 35.2 Å². The van der Waals surface area contributed by atoms with E-state index in [0.717, 1.165) is 16.4 Å². The first kappa shape index (κ1) is 25.3. The van der Waals surface area contributed by atoms with E-state index < -0.39 is 54.8 Å². The molecule has 0 aliphatic rings. The molecule has 0 heterocycles. The molecule has 14 heteroatoms. The number of amides is 2. The zero-order valence-electron chi connectivity index (χ0n) is 16.9. The summed E-state index contributed by atoms with van der Waals surface area (Å²) in [7, 11) is -5.27. The fourth-order valence-corrected chi connectivity index (χ4v) is 4.29. The zero-order valence-corrected chi connectivity index (χ0v) is 18.6. The maximum absolute atomic E-state index is 13.2. The van der Waals surface area contributed by atoms with Crippen LogP contribution < -0.4 is 15.6 Å². The third-order valence-corrected chi connectivity index (χ3v) is 7.31. The molecule has 0 aromatic heterocycles. The highest BCUT2D eigenvalue weighted by molar-refractivity contribution is 7.89. The molecule has 0 atom stereocenters. The van der Waals surface area contributed by atoms with Crippen LogP contribution in [0.3, 0.4) is 0 Å². The van der Waals surface area contributed by atoms with E-state index in [4.69, 9.17) is 0 Å². The van der Waals surface area contributed by atoms with Gasteiger partial charge in [-0.2, -0.15) is 0 Å². The first-order chi connectivity index (χ1) is 14.8. The van der Waals surface area contributed by atoms with Crippen LogP contribution in [0, 0.1) is 11.6 Å². The van der Waals surface area contributed by atoms with Gasteiger partial charge in [0.25, 0.3) is 5.91 Å². The quantitative estimate of drug-likeness (QED) is 0.456. The molecule has 174 valence electrons. The van der Waals surface area contributed by atoms with Crippen LogP contribution in [0.5, 0.6) is 0 Å². The molecular weight excluding hydrogens is 470 g/mol. The fourth-order valence-electron chi connectivity index (χ4n) is 2.30. The van der Waals surface area contributed by atoms with E-state index in [1.807, 2.05) is 4.72 Å². The molecule has 2 amide bonds. The van der Waals surface area contributed by atoms with Crippen molar-refractivity contribution in [2.45, 2.75) is 16.2 Å². The van der Waals surface area contributed by atoms with Crippen molar-refractivity contribution in [2.75, 3.05) is 20.6 Å². The minimum atomic E-state index is -4.18. The van der Waals surface area contributed by atoms with Gasteiger partial charge in [0, 0.05) is 32.6 Å². The summed E-state index contributed by atoms with van der Waals surface area (Å²) < 4.78 is 77.5. The molecule has 32 heavy (non-hydrogen) atoms. The van der Waals surface area contributed by atoms with Gasteiger partial charge >= 0.3 is 0 Å². The molecule has 0 unspecified atom stereocenters. The van der Waals surface area contributed by atoms with Crippen molar-refractivity contribution in [3.05, 3.63) is 59.7 Å². The lowest BCUT2D eigenvalue weighted by atomic mass is 10.2. The second kappa shape index (κ2) is 10.1. The number of nitrogens with zero attached hydrogens (tertiary/aromatic N) is 1. The Morgan fingerprint density at radius 2 is 1.59 bits per heavy atom. The predicted molar refractivity (Wildman–Crippen MR) is 109 cm³/mol. The van der Waals surface area contributed by atoms with Gasteiger partial charge in [-0.15, -0.1) is 0 Å². The molecule has 0 saturated heterocycles. The van der Waals surface area contributed by atoms with Crippen molar-refractivity contribution in [1.82, 2.24) is 19.9 Å². The van der Waals surface area contributed by atoms with Crippen LogP contribution in [0.4, 0.5) is 8.78 Å². The average molecular weight is 491 g/mol. The second-order valence-corrected chi connectivity index (χ2v) is 10.5. The first-order valence-electron chi connectivity index (χ1n) is 8.91. The summed E-state index contributed by atoms with van der Waals surface area (Å²) in [6.07, 6.45) is -0.391. The number of halogens is 2. The lowest BCUT2D eigenvalue weighted by molar-refractivity contribution is -0.121. The molecular formula is C18H20F2N4O6S2. The highest BCUT2D eigenvalue weighted by Gasteiger charge is 2.19. The SMILES string of the molecule is CN(C)S(=O)(=O)c1cccc(C(=O)NNC(=O)CCNS(=O)(=O)c2ccc(F)c(F)c2)c1. The molecule has 2 aromatic carbocycles. The smallest absolute Gasteiger partial charge is 0.269 e. The average Bonchev–Trinajstić information content (AvgIpc) is 2.73. The minimum Gasteiger partial charge on any atom is -0.273 e. The molecule has 2 aromatic rings. The molecule has 0 aliphatic heterocycles. The van der Waals surface area contributed by atoms with Crippen molar-refractivity contribution in [3.8, 4) is 0 Å². The highest BCUT2D eigenvalue weighted by atomic mass is 32.2. The zero-order chi connectivity index (χ0) is 24.1. The van der Waals surface area contributed by atoms with E-state index in [9.17, 15) is 35.2 Å². The molecule has 0 fully saturated rings. The monoisotopic (exact) mass is 490 g/mol. The Balaban J connectivity index is 1.89. The summed E-state index contributed by atoms with van der Waals surface area (Å²) in [5.41, 5.74) is 4.11. The van der Waals surface area contributed by atoms with Crippen molar-refractivity contribution in [1.29, 1.82) is 0 Å². The van der Waals surface area contributed by atoms with Crippen LogP contribution in [0.1, 0.15) is 16.8 Å². The van der Waals surface area contributed by atoms with Crippen LogP contribution in [-0.2, 0) is 24.8 Å². The number of rotatable bonds is 8. The van der Waals surface area contributed by atoms with Crippen LogP contribution in [0.15, 0.2) is 52.3 Å². The molecule has 0 aliphatic carbocycles. The van der Waals surface area contributed by atoms with Gasteiger partial charge in [0.05, 0.1) is 9.79 Å². The standard InChI is InChI=1S/C18H20F2N4O6S2/c1-24(2)32(29,30)14-5-3-4-12(10-14)18(26)23-22-17(25)8-9-21-31(27,28)13-6-7-15(19)16(20)11-13/h3-7,10-11,21H,8-9H2,1-2H3,(H,22,25)(H,23,26). The van der Waals surface area contributed by atoms with Gasteiger partial charge in [-0.3, -0.25) is 20.4 Å². The number of hydrazine groups is 1. The number of hydrogen-bond acceptors (Lipinski definition) is 6. The Morgan fingerprint density at radius 1 is 0.906 bits per heavy atom. The summed E-state index contributed by atoms with van der Waals surface area (Å²) >= 11 is 0. The highest BCUT2D eigenvalue weighted by Crippen LogP contribution is 2.15. The Hall–Kier alpha value is -2.94. The van der Waals surface area contributed by atoms with Gasteiger partial charge in [0.2, 0.25) is 26.0 Å². The Bertz CT molecular complexity index is 1230. The van der Waals surface area contributed by atoms with E-state index in [1.54, 1.807) is 0 Å². The molecule has 0 bridgehead atoms. The maximum atomic E-state index is 13.2. The number of benzene rings is 2. The van der Waals surface area contributed by atoms with E-state index in [1.165, 1.54) is 32.3 Å². The van der Waals surface area contributed by atoms with Crippen LogP contribution >= 0.6 is 0 Å². The summed E-state index contributed by atoms with van der Waals surface area (Å²) in [4.78, 5) is 23.4. The van der Waals surface area contributed by atoms with E-state index in [2.05, 4.69) is 10.9 Å². The Kier molecular flexibility index (Phi) is 8.01. The van der Waals surface area contributed by atoms with Crippen molar-refractivity contribution in [3.63, 3.8) is 0 Å². The number of carbonyl (C=O) groups is 2. The molecule has 0 spiro atoms.